The smallest absolute Gasteiger partial charge is 0.466 e. The van der Waals surface area contributed by atoms with Crippen LogP contribution >= 0.6 is 46.4 Å². The normalized spacial score (nSPS) is 25.9. The van der Waals surface area contributed by atoms with Crippen molar-refractivity contribution >= 4 is 54.3 Å². The Balaban J connectivity index is 0.000000685. The predicted molar refractivity (Wildman–Crippen MR) is 166 cm³/mol. The Morgan fingerprint density at radius 3 is 1.65 bits per heavy atom. The van der Waals surface area contributed by atoms with Crippen molar-refractivity contribution in [3.05, 3.63) is 67.6 Å². The van der Waals surface area contributed by atoms with Gasteiger partial charge in [0.15, 0.2) is 0 Å². The molecule has 11 heteroatoms. The molecule has 4 rings (SSSR count). The van der Waals surface area contributed by atoms with E-state index in [-0.39, 0.29) is 42.8 Å². The van der Waals surface area contributed by atoms with Crippen LogP contribution in [0.4, 0.5) is 0 Å². The summed E-state index contributed by atoms with van der Waals surface area (Å²) in [5.74, 6) is 1.60. The van der Waals surface area contributed by atoms with Gasteiger partial charge in [-0.3, -0.25) is 11.2 Å². The second-order valence-electron chi connectivity index (χ2n) is 10.6. The number of nitrogens with two attached hydrogens (primary N) is 1. The zero-order valence-electron chi connectivity index (χ0n) is 23.6. The third-order valence-electron chi connectivity index (χ3n) is 7.78. The summed E-state index contributed by atoms with van der Waals surface area (Å²) < 4.78 is 0. The summed E-state index contributed by atoms with van der Waals surface area (Å²) in [5.41, 5.74) is 5.87. The molecule has 0 saturated heterocycles. The minimum atomic E-state index is -0.846. The Morgan fingerprint density at radius 1 is 0.875 bits per heavy atom. The first-order valence-electron chi connectivity index (χ1n) is 13.2. The summed E-state index contributed by atoms with van der Waals surface area (Å²) >= 11 is 24.0. The molecule has 2 aromatic rings. The molecule has 0 heterocycles. The average molecular weight is 638 g/mol. The SMILES string of the molecule is CN(C)C[C@@H]1CCCC[C@@]1(O)c1ccc(Cl)c(Cl)c1.NC[C@@H]1CCCC[C@@]1(O)c1ccc(Cl)c(Cl)c1.[B-]C#N.[HH].[Na+]. The van der Waals surface area contributed by atoms with E-state index in [9.17, 15) is 10.2 Å². The van der Waals surface area contributed by atoms with Gasteiger partial charge in [-0.1, -0.05) is 84.2 Å². The van der Waals surface area contributed by atoms with E-state index >= 15 is 0 Å². The molecule has 2 aromatic carbocycles. The molecule has 40 heavy (non-hydrogen) atoms. The molecule has 5 nitrogen and oxygen atoms in total. The van der Waals surface area contributed by atoms with Gasteiger partial charge >= 0.3 is 29.6 Å². The summed E-state index contributed by atoms with van der Waals surface area (Å²) in [4.78, 5) is 2.14. The molecule has 0 aromatic heterocycles. The van der Waals surface area contributed by atoms with Crippen LogP contribution in [0.15, 0.2) is 36.4 Å². The zero-order chi connectivity index (χ0) is 29.2. The summed E-state index contributed by atoms with van der Waals surface area (Å²) in [7, 11) is 8.24. The van der Waals surface area contributed by atoms with Gasteiger partial charge in [0.25, 0.3) is 0 Å². The molecule has 0 aliphatic heterocycles. The molecule has 4 N–H and O–H groups in total. The van der Waals surface area contributed by atoms with Crippen molar-refractivity contribution in [2.24, 2.45) is 17.6 Å². The van der Waals surface area contributed by atoms with E-state index in [1.165, 1.54) is 12.4 Å². The maximum Gasteiger partial charge on any atom is 1.00 e. The Kier molecular flexibility index (Phi) is 17.1. The first kappa shape index (κ1) is 38.0. The van der Waals surface area contributed by atoms with E-state index in [2.05, 4.69) is 12.7 Å². The Hall–Kier alpha value is -0.00506. The minimum absolute atomic E-state index is 0. The average Bonchev–Trinajstić information content (AvgIpc) is 2.89. The molecule has 2 aliphatic rings. The van der Waals surface area contributed by atoms with E-state index < -0.39 is 11.2 Å². The van der Waals surface area contributed by atoms with Crippen LogP contribution in [0.2, 0.25) is 20.1 Å². The standard InChI is InChI=1S/C15H21Cl2NO.C13H17Cl2NO.CBN.Na.H2/c1-18(2)10-12-5-3-4-8-15(12,19)11-6-7-13(16)14(17)9-11;14-11-5-4-9(7-12(11)15)13(17)6-2-1-3-10(13)8-16;2-1-3;;/h6-7,9,12,19H,3-5,8,10H2,1-2H3;4-5,7,10,17H,1-3,6,8,16H2;;;1H/q;;-1;+1;/t12-,15+;10-,13+;;;/m00.../s1. The predicted octanol–water partition coefficient (Wildman–Crippen LogP) is 4.15. The van der Waals surface area contributed by atoms with Crippen LogP contribution in [0.1, 0.15) is 63.9 Å². The summed E-state index contributed by atoms with van der Waals surface area (Å²) in [6, 6.07) is 10.8. The topological polar surface area (TPSA) is 93.5 Å². The molecule has 4 atom stereocenters. The maximum atomic E-state index is 11.1. The Bertz CT molecular complexity index is 1130. The number of hydrogen-bond acceptors (Lipinski definition) is 5. The van der Waals surface area contributed by atoms with Gasteiger partial charge in [0.1, 0.15) is 0 Å². The van der Waals surface area contributed by atoms with Crippen molar-refractivity contribution in [2.75, 3.05) is 27.2 Å². The maximum absolute atomic E-state index is 11.1. The molecule has 0 bridgehead atoms. The summed E-state index contributed by atoms with van der Waals surface area (Å²) in [6.07, 6.45) is 7.94. The van der Waals surface area contributed by atoms with E-state index in [0.717, 1.165) is 62.6 Å². The van der Waals surface area contributed by atoms with Crippen molar-refractivity contribution in [3.8, 4) is 5.97 Å². The second-order valence-corrected chi connectivity index (χ2v) is 12.2. The van der Waals surface area contributed by atoms with Crippen molar-refractivity contribution in [2.45, 2.75) is 62.6 Å². The number of rotatable bonds is 5. The van der Waals surface area contributed by atoms with Gasteiger partial charge in [-0.25, -0.2) is 0 Å². The quantitative estimate of drug-likeness (QED) is 0.429. The summed E-state index contributed by atoms with van der Waals surface area (Å²) in [5, 5.41) is 31.1. The molecule has 2 fully saturated rings. The number of aliphatic hydroxyl groups is 2. The van der Waals surface area contributed by atoms with Gasteiger partial charge in [-0.2, -0.15) is 0 Å². The molecule has 3 radical (unpaired) electrons. The van der Waals surface area contributed by atoms with Gasteiger partial charge in [0, 0.05) is 19.8 Å². The van der Waals surface area contributed by atoms with Gasteiger partial charge in [0.2, 0.25) is 0 Å². The molecule has 2 aliphatic carbocycles. The number of nitriles is 1. The molecule has 0 spiro atoms. The van der Waals surface area contributed by atoms with Crippen LogP contribution in [-0.2, 0) is 11.2 Å². The third-order valence-corrected chi connectivity index (χ3v) is 9.26. The Morgan fingerprint density at radius 2 is 1.27 bits per heavy atom. The van der Waals surface area contributed by atoms with Gasteiger partial charge in [-0.05, 0) is 81.7 Å². The molecule has 215 valence electrons. The fourth-order valence-corrected chi connectivity index (χ4v) is 6.34. The number of halogens is 4. The van der Waals surface area contributed by atoms with E-state index in [1.807, 2.05) is 32.3 Å². The van der Waals surface area contributed by atoms with Crippen molar-refractivity contribution in [3.63, 3.8) is 0 Å². The van der Waals surface area contributed by atoms with Gasteiger partial charge in [-0.15, -0.1) is 0 Å². The number of benzene rings is 2. The van der Waals surface area contributed by atoms with Crippen molar-refractivity contribution in [1.82, 2.24) is 4.90 Å². The van der Waals surface area contributed by atoms with Crippen molar-refractivity contribution in [1.29, 1.82) is 5.26 Å². The van der Waals surface area contributed by atoms with Crippen LogP contribution in [-0.4, -0.2) is 50.1 Å². The fraction of sp³-hybridized carbons (Fsp3) is 0.552. The van der Waals surface area contributed by atoms with E-state index in [4.69, 9.17) is 57.4 Å². The second kappa shape index (κ2) is 18.0. The fourth-order valence-electron chi connectivity index (χ4n) is 5.74. The molecular formula is C29H40BCl4N3NaO2. The summed E-state index contributed by atoms with van der Waals surface area (Å²) in [6.45, 7) is 1.38. The number of nitrogens with zero attached hydrogens (tertiary/aromatic N) is 2. The van der Waals surface area contributed by atoms with E-state index in [0.29, 0.717) is 26.6 Å². The van der Waals surface area contributed by atoms with Gasteiger partial charge in [0.05, 0.1) is 31.3 Å². The first-order chi connectivity index (χ1) is 18.4. The molecule has 2 saturated carbocycles. The Labute approximate surface area is 284 Å². The van der Waals surface area contributed by atoms with Crippen LogP contribution in [0.25, 0.3) is 0 Å². The van der Waals surface area contributed by atoms with Crippen LogP contribution in [0.3, 0.4) is 0 Å². The largest absolute Gasteiger partial charge is 1.00 e. The first-order valence-corrected chi connectivity index (χ1v) is 14.7. The van der Waals surface area contributed by atoms with E-state index in [1.54, 1.807) is 18.2 Å². The third kappa shape index (κ3) is 10.0. The van der Waals surface area contributed by atoms with Crippen LogP contribution in [0.5, 0.6) is 0 Å². The minimum Gasteiger partial charge on any atom is -0.466 e. The molecule has 0 amide bonds. The monoisotopic (exact) mass is 636 g/mol. The van der Waals surface area contributed by atoms with Gasteiger partial charge < -0.3 is 28.7 Å². The van der Waals surface area contributed by atoms with Crippen molar-refractivity contribution < 1.29 is 41.2 Å². The molecular weight excluding hydrogens is 598 g/mol. The zero-order valence-corrected chi connectivity index (χ0v) is 28.7. The number of hydrogen-bond donors (Lipinski definition) is 3. The van der Waals surface area contributed by atoms with Crippen LogP contribution < -0.4 is 35.3 Å². The molecule has 0 unspecified atom stereocenters. The van der Waals surface area contributed by atoms with Crippen LogP contribution in [0, 0.1) is 23.1 Å².